The lowest BCUT2D eigenvalue weighted by Gasteiger charge is -2.15. The van der Waals surface area contributed by atoms with Gasteiger partial charge in [-0.3, -0.25) is 9.59 Å². The Balaban J connectivity index is 1.57. The summed E-state index contributed by atoms with van der Waals surface area (Å²) in [6.45, 7) is 0. The Labute approximate surface area is 149 Å². The van der Waals surface area contributed by atoms with Crippen LogP contribution in [0.25, 0.3) is 10.2 Å². The van der Waals surface area contributed by atoms with E-state index < -0.39 is 11.9 Å². The van der Waals surface area contributed by atoms with Gasteiger partial charge in [0.05, 0.1) is 15.2 Å². The van der Waals surface area contributed by atoms with Gasteiger partial charge in [-0.1, -0.05) is 42.5 Å². The molecular weight excluding hydrogens is 334 g/mol. The largest absolute Gasteiger partial charge is 0.368 e. The highest BCUT2D eigenvalue weighted by Crippen LogP contribution is 2.22. The average Bonchev–Trinajstić information content (AvgIpc) is 3.03. The molecule has 0 radical (unpaired) electrons. The van der Waals surface area contributed by atoms with Crippen LogP contribution in [0.4, 0.5) is 0 Å². The van der Waals surface area contributed by atoms with Crippen molar-refractivity contribution in [3.63, 3.8) is 0 Å². The number of hydrogen-bond donors (Lipinski definition) is 2. The standard InChI is InChI=1S/C19H19N3O2S/c20-19(24)15(12-13-6-2-1-3-7-13)21-17(23)10-11-18-22-14-8-4-5-9-16(14)25-18/h1-9,15H,10-12H2,(H2,20,24)(H,21,23). The molecule has 5 nitrogen and oxygen atoms in total. The van der Waals surface area contributed by atoms with Crippen LogP contribution in [0.1, 0.15) is 17.0 Å². The Bertz CT molecular complexity index is 844. The topological polar surface area (TPSA) is 85.1 Å². The van der Waals surface area contributed by atoms with E-state index in [1.165, 1.54) is 0 Å². The highest BCUT2D eigenvalue weighted by molar-refractivity contribution is 7.18. The lowest BCUT2D eigenvalue weighted by Crippen LogP contribution is -2.45. The number of aromatic nitrogens is 1. The highest BCUT2D eigenvalue weighted by Gasteiger charge is 2.18. The number of amides is 2. The maximum Gasteiger partial charge on any atom is 0.240 e. The summed E-state index contributed by atoms with van der Waals surface area (Å²) in [5, 5.41) is 3.64. The Kier molecular flexibility index (Phi) is 5.40. The fourth-order valence-corrected chi connectivity index (χ4v) is 3.55. The monoisotopic (exact) mass is 353 g/mol. The number of thiazole rings is 1. The third-order valence-corrected chi connectivity index (χ3v) is 4.96. The first-order valence-corrected chi connectivity index (χ1v) is 8.90. The Morgan fingerprint density at radius 1 is 1.08 bits per heavy atom. The minimum absolute atomic E-state index is 0.195. The van der Waals surface area contributed by atoms with Crippen molar-refractivity contribution in [2.45, 2.75) is 25.3 Å². The van der Waals surface area contributed by atoms with E-state index in [0.717, 1.165) is 20.8 Å². The first kappa shape index (κ1) is 17.1. The van der Waals surface area contributed by atoms with Crippen molar-refractivity contribution in [2.24, 2.45) is 5.73 Å². The van der Waals surface area contributed by atoms with Crippen molar-refractivity contribution in [1.82, 2.24) is 10.3 Å². The van der Waals surface area contributed by atoms with Crippen LogP contribution in [-0.2, 0) is 22.4 Å². The van der Waals surface area contributed by atoms with E-state index >= 15 is 0 Å². The van der Waals surface area contributed by atoms with Gasteiger partial charge >= 0.3 is 0 Å². The molecule has 1 unspecified atom stereocenters. The minimum atomic E-state index is -0.703. The van der Waals surface area contributed by atoms with Crippen LogP contribution in [0.3, 0.4) is 0 Å². The zero-order valence-electron chi connectivity index (χ0n) is 13.6. The number of hydrogen-bond acceptors (Lipinski definition) is 4. The smallest absolute Gasteiger partial charge is 0.240 e. The molecule has 0 aliphatic rings. The molecule has 1 heterocycles. The second kappa shape index (κ2) is 7.90. The van der Waals surface area contributed by atoms with Crippen LogP contribution in [0, 0.1) is 0 Å². The van der Waals surface area contributed by atoms with E-state index in [0.29, 0.717) is 12.8 Å². The molecule has 1 aromatic heterocycles. The zero-order chi connectivity index (χ0) is 17.6. The Morgan fingerprint density at radius 2 is 1.80 bits per heavy atom. The van der Waals surface area contributed by atoms with Gasteiger partial charge in [0.15, 0.2) is 0 Å². The van der Waals surface area contributed by atoms with Crippen LogP contribution in [0.2, 0.25) is 0 Å². The van der Waals surface area contributed by atoms with Crippen LogP contribution in [-0.4, -0.2) is 22.8 Å². The molecule has 0 aliphatic heterocycles. The van der Waals surface area contributed by atoms with Gasteiger partial charge in [0.2, 0.25) is 11.8 Å². The third-order valence-electron chi connectivity index (χ3n) is 3.87. The van der Waals surface area contributed by atoms with Gasteiger partial charge in [0.1, 0.15) is 6.04 Å². The van der Waals surface area contributed by atoms with Crippen molar-refractivity contribution in [3.05, 3.63) is 65.2 Å². The molecule has 0 fully saturated rings. The second-order valence-electron chi connectivity index (χ2n) is 5.79. The van der Waals surface area contributed by atoms with Gasteiger partial charge < -0.3 is 11.1 Å². The molecular formula is C19H19N3O2S. The van der Waals surface area contributed by atoms with Gasteiger partial charge in [-0.25, -0.2) is 4.98 Å². The molecule has 1 atom stereocenters. The van der Waals surface area contributed by atoms with E-state index in [2.05, 4.69) is 10.3 Å². The number of nitrogens with two attached hydrogens (primary N) is 1. The van der Waals surface area contributed by atoms with Gasteiger partial charge in [0.25, 0.3) is 0 Å². The number of carbonyl (C=O) groups excluding carboxylic acids is 2. The summed E-state index contributed by atoms with van der Waals surface area (Å²) in [6.07, 6.45) is 1.21. The van der Waals surface area contributed by atoms with Crippen molar-refractivity contribution < 1.29 is 9.59 Å². The fourth-order valence-electron chi connectivity index (χ4n) is 2.59. The van der Waals surface area contributed by atoms with Gasteiger partial charge in [-0.05, 0) is 17.7 Å². The third kappa shape index (κ3) is 4.64. The molecule has 0 spiro atoms. The van der Waals surface area contributed by atoms with Crippen molar-refractivity contribution in [2.75, 3.05) is 0 Å². The predicted molar refractivity (Wildman–Crippen MR) is 99.2 cm³/mol. The summed E-state index contributed by atoms with van der Waals surface area (Å²) >= 11 is 1.58. The molecule has 2 amide bonds. The second-order valence-corrected chi connectivity index (χ2v) is 6.90. The molecule has 0 bridgehead atoms. The summed E-state index contributed by atoms with van der Waals surface area (Å²) < 4.78 is 1.11. The molecule has 3 N–H and O–H groups in total. The summed E-state index contributed by atoms with van der Waals surface area (Å²) in [5.74, 6) is -0.726. The number of nitrogens with zero attached hydrogens (tertiary/aromatic N) is 1. The van der Waals surface area contributed by atoms with E-state index in [1.807, 2.05) is 54.6 Å². The average molecular weight is 353 g/mol. The number of primary amides is 1. The summed E-state index contributed by atoms with van der Waals surface area (Å²) in [4.78, 5) is 28.3. The SMILES string of the molecule is NC(=O)C(Cc1ccccc1)NC(=O)CCc1nc2ccccc2s1. The van der Waals surface area contributed by atoms with E-state index in [4.69, 9.17) is 5.73 Å². The zero-order valence-corrected chi connectivity index (χ0v) is 14.5. The van der Waals surface area contributed by atoms with Crippen LogP contribution in [0.15, 0.2) is 54.6 Å². The predicted octanol–water partition coefficient (Wildman–Crippen LogP) is 2.44. The molecule has 128 valence electrons. The number of benzene rings is 2. The number of fused-ring (bicyclic) bond motifs is 1. The Morgan fingerprint density at radius 3 is 2.52 bits per heavy atom. The Hall–Kier alpha value is -2.73. The van der Waals surface area contributed by atoms with Crippen molar-refractivity contribution in [1.29, 1.82) is 0 Å². The number of carbonyl (C=O) groups is 2. The molecule has 3 rings (SSSR count). The lowest BCUT2D eigenvalue weighted by molar-refractivity contribution is -0.127. The van der Waals surface area contributed by atoms with E-state index in [1.54, 1.807) is 11.3 Å². The van der Waals surface area contributed by atoms with Crippen molar-refractivity contribution in [3.8, 4) is 0 Å². The fraction of sp³-hybridized carbons (Fsp3) is 0.211. The minimum Gasteiger partial charge on any atom is -0.368 e. The molecule has 0 aliphatic carbocycles. The quantitative estimate of drug-likeness (QED) is 0.684. The first-order valence-electron chi connectivity index (χ1n) is 8.09. The maximum absolute atomic E-state index is 12.2. The van der Waals surface area contributed by atoms with Gasteiger partial charge in [-0.15, -0.1) is 11.3 Å². The van der Waals surface area contributed by atoms with E-state index in [-0.39, 0.29) is 12.3 Å². The van der Waals surface area contributed by atoms with E-state index in [9.17, 15) is 9.59 Å². The summed E-state index contributed by atoms with van der Waals surface area (Å²) in [6, 6.07) is 16.7. The molecule has 2 aromatic carbocycles. The summed E-state index contributed by atoms with van der Waals surface area (Å²) in [7, 11) is 0. The molecule has 25 heavy (non-hydrogen) atoms. The van der Waals surface area contributed by atoms with Crippen LogP contribution < -0.4 is 11.1 Å². The summed E-state index contributed by atoms with van der Waals surface area (Å²) in [5.41, 5.74) is 7.33. The number of para-hydroxylation sites is 1. The highest BCUT2D eigenvalue weighted by atomic mass is 32.1. The number of nitrogens with one attached hydrogen (secondary N) is 1. The number of rotatable bonds is 7. The maximum atomic E-state index is 12.2. The van der Waals surface area contributed by atoms with Crippen LogP contribution in [0.5, 0.6) is 0 Å². The molecule has 0 saturated carbocycles. The molecule has 3 aromatic rings. The van der Waals surface area contributed by atoms with Crippen LogP contribution >= 0.6 is 11.3 Å². The van der Waals surface area contributed by atoms with Gasteiger partial charge in [-0.2, -0.15) is 0 Å². The molecule has 6 heteroatoms. The van der Waals surface area contributed by atoms with Crippen molar-refractivity contribution >= 4 is 33.4 Å². The van der Waals surface area contributed by atoms with Gasteiger partial charge in [0, 0.05) is 19.3 Å². The lowest BCUT2D eigenvalue weighted by atomic mass is 10.1. The first-order chi connectivity index (χ1) is 12.1. The number of aryl methyl sites for hydroxylation is 1. The molecule has 0 saturated heterocycles. The normalized spacial score (nSPS) is 12.0.